The van der Waals surface area contributed by atoms with E-state index in [0.717, 1.165) is 43.1 Å². The molecule has 0 spiro atoms. The number of rotatable bonds is 3. The first-order chi connectivity index (χ1) is 12.7. The lowest BCUT2D eigenvalue weighted by Gasteiger charge is -2.36. The average Bonchev–Trinajstić information content (AvgIpc) is 2.69. The summed E-state index contributed by atoms with van der Waals surface area (Å²) in [5, 5.41) is 8.46. The van der Waals surface area contributed by atoms with Crippen molar-refractivity contribution >= 4 is 11.6 Å². The van der Waals surface area contributed by atoms with E-state index in [4.69, 9.17) is 4.98 Å². The van der Waals surface area contributed by atoms with E-state index in [1.54, 1.807) is 6.20 Å². The summed E-state index contributed by atoms with van der Waals surface area (Å²) in [5.74, 6) is 0.705. The third-order valence-corrected chi connectivity index (χ3v) is 4.78. The van der Waals surface area contributed by atoms with Crippen molar-refractivity contribution in [1.29, 1.82) is 0 Å². The summed E-state index contributed by atoms with van der Waals surface area (Å²) in [6.45, 7) is 7.73. The van der Waals surface area contributed by atoms with Gasteiger partial charge in [0.1, 0.15) is 0 Å². The Balaban J connectivity index is 1.50. The lowest BCUT2D eigenvalue weighted by molar-refractivity contribution is 0.635. The molecule has 0 N–H and O–H groups in total. The molecule has 1 aromatic carbocycles. The first-order valence-corrected chi connectivity index (χ1v) is 8.89. The van der Waals surface area contributed by atoms with Crippen LogP contribution in [0.2, 0.25) is 0 Å². The maximum atomic E-state index is 4.76. The maximum absolute atomic E-state index is 4.76. The van der Waals surface area contributed by atoms with Crippen molar-refractivity contribution in [1.82, 2.24) is 20.2 Å². The fourth-order valence-corrected chi connectivity index (χ4v) is 3.31. The minimum atomic E-state index is 0.705. The molecule has 6 nitrogen and oxygen atoms in total. The molecule has 3 heterocycles. The topological polar surface area (TPSA) is 58.0 Å². The standard InChI is InChI=1S/C20H22N6/c1-15-5-3-4-6-18(15)19-14-22-24-20(23-19)26-11-9-25(10-12-26)17-7-8-21-16(2)13-17/h3-8,13-14H,9-12H2,1-2H3. The van der Waals surface area contributed by atoms with Gasteiger partial charge in [-0.2, -0.15) is 5.10 Å². The molecule has 1 aliphatic heterocycles. The largest absolute Gasteiger partial charge is 0.368 e. The number of pyridine rings is 1. The summed E-state index contributed by atoms with van der Waals surface area (Å²) >= 11 is 0. The van der Waals surface area contributed by atoms with Gasteiger partial charge in [-0.25, -0.2) is 4.98 Å². The second-order valence-corrected chi connectivity index (χ2v) is 6.59. The Morgan fingerprint density at radius 2 is 1.69 bits per heavy atom. The van der Waals surface area contributed by atoms with Gasteiger partial charge in [0, 0.05) is 49.3 Å². The fourth-order valence-electron chi connectivity index (χ4n) is 3.31. The van der Waals surface area contributed by atoms with E-state index < -0.39 is 0 Å². The van der Waals surface area contributed by atoms with Gasteiger partial charge in [-0.3, -0.25) is 4.98 Å². The number of anilines is 2. The van der Waals surface area contributed by atoms with Gasteiger partial charge in [-0.15, -0.1) is 5.10 Å². The minimum Gasteiger partial charge on any atom is -0.368 e. The van der Waals surface area contributed by atoms with Crippen LogP contribution < -0.4 is 9.80 Å². The van der Waals surface area contributed by atoms with Gasteiger partial charge in [-0.1, -0.05) is 24.3 Å². The van der Waals surface area contributed by atoms with Gasteiger partial charge >= 0.3 is 0 Å². The Hall–Kier alpha value is -3.02. The first-order valence-electron chi connectivity index (χ1n) is 8.89. The number of hydrogen-bond acceptors (Lipinski definition) is 6. The van der Waals surface area contributed by atoms with E-state index in [9.17, 15) is 0 Å². The summed E-state index contributed by atoms with van der Waals surface area (Å²) in [6.07, 6.45) is 3.61. The van der Waals surface area contributed by atoms with Crippen LogP contribution in [0.1, 0.15) is 11.3 Å². The van der Waals surface area contributed by atoms with Crippen molar-refractivity contribution in [3.8, 4) is 11.3 Å². The van der Waals surface area contributed by atoms with Crippen LogP contribution in [0.5, 0.6) is 0 Å². The van der Waals surface area contributed by atoms with Crippen LogP contribution >= 0.6 is 0 Å². The van der Waals surface area contributed by atoms with E-state index in [-0.39, 0.29) is 0 Å². The highest BCUT2D eigenvalue weighted by molar-refractivity contribution is 5.63. The zero-order valence-electron chi connectivity index (χ0n) is 15.1. The Kier molecular flexibility index (Phi) is 4.48. The Morgan fingerprint density at radius 3 is 2.46 bits per heavy atom. The summed E-state index contributed by atoms with van der Waals surface area (Å²) < 4.78 is 0. The van der Waals surface area contributed by atoms with Gasteiger partial charge in [-0.05, 0) is 31.5 Å². The van der Waals surface area contributed by atoms with Crippen LogP contribution in [-0.4, -0.2) is 46.3 Å². The number of aromatic nitrogens is 4. The average molecular weight is 346 g/mol. The summed E-state index contributed by atoms with van der Waals surface area (Å²) in [7, 11) is 0. The molecule has 0 bridgehead atoms. The molecule has 0 amide bonds. The third kappa shape index (κ3) is 3.35. The molecular formula is C20H22N6. The Labute approximate surface area is 153 Å². The summed E-state index contributed by atoms with van der Waals surface area (Å²) in [5.41, 5.74) is 5.44. The molecule has 1 aliphatic rings. The molecule has 0 saturated carbocycles. The Morgan fingerprint density at radius 1 is 0.923 bits per heavy atom. The predicted octanol–water partition coefficient (Wildman–Crippen LogP) is 2.88. The molecule has 1 saturated heterocycles. The van der Waals surface area contributed by atoms with Crippen LogP contribution in [0, 0.1) is 13.8 Å². The smallest absolute Gasteiger partial charge is 0.246 e. The van der Waals surface area contributed by atoms with Gasteiger partial charge in [0.05, 0.1) is 11.9 Å². The number of hydrogen-bond donors (Lipinski definition) is 0. The normalized spacial score (nSPS) is 14.5. The molecule has 6 heteroatoms. The number of piperazine rings is 1. The molecule has 0 atom stereocenters. The molecule has 0 unspecified atom stereocenters. The zero-order valence-corrected chi connectivity index (χ0v) is 15.1. The van der Waals surface area contributed by atoms with E-state index in [2.05, 4.69) is 56.2 Å². The molecule has 3 aromatic rings. The SMILES string of the molecule is Cc1cc(N2CCN(c3nncc(-c4ccccc4C)n3)CC2)ccn1. The van der Waals surface area contributed by atoms with Crippen molar-refractivity contribution in [3.05, 3.63) is 60.0 Å². The molecule has 0 aliphatic carbocycles. The first kappa shape index (κ1) is 16.4. The van der Waals surface area contributed by atoms with Crippen molar-refractivity contribution in [2.45, 2.75) is 13.8 Å². The summed E-state index contributed by atoms with van der Waals surface area (Å²) in [4.78, 5) is 13.6. The van der Waals surface area contributed by atoms with E-state index in [1.807, 2.05) is 25.3 Å². The molecule has 132 valence electrons. The zero-order chi connectivity index (χ0) is 17.9. The van der Waals surface area contributed by atoms with Gasteiger partial charge < -0.3 is 9.80 Å². The van der Waals surface area contributed by atoms with Crippen molar-refractivity contribution < 1.29 is 0 Å². The highest BCUT2D eigenvalue weighted by Gasteiger charge is 2.20. The fraction of sp³-hybridized carbons (Fsp3) is 0.300. The van der Waals surface area contributed by atoms with Gasteiger partial charge in [0.15, 0.2) is 0 Å². The molecule has 2 aromatic heterocycles. The lowest BCUT2D eigenvalue weighted by Crippen LogP contribution is -2.47. The maximum Gasteiger partial charge on any atom is 0.246 e. The van der Waals surface area contributed by atoms with E-state index >= 15 is 0 Å². The molecule has 0 radical (unpaired) electrons. The molecule has 1 fully saturated rings. The number of benzene rings is 1. The van der Waals surface area contributed by atoms with Gasteiger partial charge in [0.2, 0.25) is 5.95 Å². The van der Waals surface area contributed by atoms with Crippen LogP contribution in [0.4, 0.5) is 11.6 Å². The predicted molar refractivity (Wildman–Crippen MR) is 103 cm³/mol. The highest BCUT2D eigenvalue weighted by Crippen LogP contribution is 2.23. The van der Waals surface area contributed by atoms with Crippen LogP contribution in [0.3, 0.4) is 0 Å². The Bertz CT molecular complexity index is 902. The summed E-state index contributed by atoms with van der Waals surface area (Å²) in [6, 6.07) is 12.4. The van der Waals surface area contributed by atoms with Gasteiger partial charge in [0.25, 0.3) is 0 Å². The molecule has 4 rings (SSSR count). The second kappa shape index (κ2) is 7.07. The van der Waals surface area contributed by atoms with E-state index in [1.165, 1.54) is 11.3 Å². The van der Waals surface area contributed by atoms with Crippen LogP contribution in [0.25, 0.3) is 11.3 Å². The second-order valence-electron chi connectivity index (χ2n) is 6.59. The lowest BCUT2D eigenvalue weighted by atomic mass is 10.1. The van der Waals surface area contributed by atoms with Crippen molar-refractivity contribution in [2.24, 2.45) is 0 Å². The monoisotopic (exact) mass is 346 g/mol. The van der Waals surface area contributed by atoms with Crippen LogP contribution in [0.15, 0.2) is 48.8 Å². The van der Waals surface area contributed by atoms with E-state index in [0.29, 0.717) is 5.95 Å². The minimum absolute atomic E-state index is 0.705. The van der Waals surface area contributed by atoms with Crippen molar-refractivity contribution in [2.75, 3.05) is 36.0 Å². The van der Waals surface area contributed by atoms with Crippen molar-refractivity contribution in [3.63, 3.8) is 0 Å². The molecule has 26 heavy (non-hydrogen) atoms. The van der Waals surface area contributed by atoms with Crippen LogP contribution in [-0.2, 0) is 0 Å². The number of aryl methyl sites for hydroxylation is 2. The highest BCUT2D eigenvalue weighted by atomic mass is 15.4. The third-order valence-electron chi connectivity index (χ3n) is 4.78. The molecular weight excluding hydrogens is 324 g/mol. The number of nitrogens with zero attached hydrogens (tertiary/aromatic N) is 6. The quantitative estimate of drug-likeness (QED) is 0.727.